The van der Waals surface area contributed by atoms with Crippen molar-refractivity contribution < 1.29 is 33.8 Å². The van der Waals surface area contributed by atoms with Crippen LogP contribution >= 0.6 is 11.8 Å². The maximum atomic E-state index is 13.0. The topological polar surface area (TPSA) is 154 Å². The molecule has 1 saturated heterocycles. The van der Waals surface area contributed by atoms with E-state index in [1.165, 1.54) is 25.7 Å². The summed E-state index contributed by atoms with van der Waals surface area (Å²) in [6, 6.07) is 5.92. The van der Waals surface area contributed by atoms with Crippen molar-refractivity contribution in [1.82, 2.24) is 20.9 Å². The van der Waals surface area contributed by atoms with Gasteiger partial charge in [-0.1, -0.05) is 30.3 Å². The highest BCUT2D eigenvalue weighted by Gasteiger charge is 2.54. The maximum absolute atomic E-state index is 13.0. The Morgan fingerprint density at radius 1 is 1.25 bits per heavy atom. The first-order valence-corrected chi connectivity index (χ1v) is 10.7. The third kappa shape index (κ3) is 4.69. The SMILES string of the molecule is CNC(=O)NC(C(=O)NC1C(=O)N2C(C(=O)O)=C(COC(C)=O)CS[C@@H]12)c1ccccc1. The zero-order valence-electron chi connectivity index (χ0n) is 17.3. The van der Waals surface area contributed by atoms with Crippen LogP contribution in [0.3, 0.4) is 0 Å². The molecule has 1 aromatic carbocycles. The zero-order chi connectivity index (χ0) is 23.4. The summed E-state index contributed by atoms with van der Waals surface area (Å²) in [6.45, 7) is 0.972. The molecule has 32 heavy (non-hydrogen) atoms. The van der Waals surface area contributed by atoms with Crippen LogP contribution in [0.25, 0.3) is 0 Å². The van der Waals surface area contributed by atoms with Gasteiger partial charge in [0.25, 0.3) is 5.91 Å². The van der Waals surface area contributed by atoms with E-state index in [4.69, 9.17) is 4.74 Å². The van der Waals surface area contributed by atoms with Gasteiger partial charge in [-0.05, 0) is 5.56 Å². The lowest BCUT2D eigenvalue weighted by atomic mass is 10.0. The van der Waals surface area contributed by atoms with Gasteiger partial charge in [0, 0.05) is 25.3 Å². The molecular weight excluding hydrogens is 440 g/mol. The number of carbonyl (C=O) groups excluding carboxylic acids is 4. The fraction of sp³-hybridized carbons (Fsp3) is 0.350. The molecule has 0 aliphatic carbocycles. The number of benzene rings is 1. The average molecular weight is 462 g/mol. The molecule has 0 saturated carbocycles. The van der Waals surface area contributed by atoms with Gasteiger partial charge in [-0.15, -0.1) is 11.8 Å². The van der Waals surface area contributed by atoms with Crippen LogP contribution in [0.5, 0.6) is 0 Å². The van der Waals surface area contributed by atoms with Crippen LogP contribution < -0.4 is 16.0 Å². The summed E-state index contributed by atoms with van der Waals surface area (Å²) < 4.78 is 4.90. The Labute approximate surface area is 187 Å². The summed E-state index contributed by atoms with van der Waals surface area (Å²) in [4.78, 5) is 61.5. The van der Waals surface area contributed by atoms with Crippen LogP contribution in [-0.4, -0.2) is 70.6 Å². The van der Waals surface area contributed by atoms with E-state index in [9.17, 15) is 29.1 Å². The van der Waals surface area contributed by atoms with Gasteiger partial charge < -0.3 is 25.8 Å². The number of hydrogen-bond acceptors (Lipinski definition) is 7. The second-order valence-electron chi connectivity index (χ2n) is 7.00. The van der Waals surface area contributed by atoms with Gasteiger partial charge in [-0.25, -0.2) is 9.59 Å². The fourth-order valence-electron chi connectivity index (χ4n) is 3.37. The number of nitrogens with one attached hydrogen (secondary N) is 3. The number of β-lactam (4-membered cyclic amide) rings is 1. The first-order valence-electron chi connectivity index (χ1n) is 9.61. The standard InChI is InChI=1S/C20H22N4O7S/c1-10(25)31-8-12-9-32-18-14(17(27)24(18)15(12)19(28)29)22-16(26)13(23-20(30)21-2)11-6-4-3-5-7-11/h3-7,13-14,18H,8-9H2,1-2H3,(H,22,26)(H,28,29)(H2,21,23,30)/t13?,14?,18-/m0/s1. The number of urea groups is 1. The van der Waals surface area contributed by atoms with Gasteiger partial charge in [0.15, 0.2) is 0 Å². The van der Waals surface area contributed by atoms with E-state index in [0.717, 1.165) is 4.90 Å². The molecule has 1 fully saturated rings. The number of hydrogen-bond donors (Lipinski definition) is 4. The fourth-order valence-corrected chi connectivity index (χ4v) is 4.70. The van der Waals surface area contributed by atoms with E-state index < -0.39 is 47.2 Å². The number of esters is 1. The molecule has 2 heterocycles. The van der Waals surface area contributed by atoms with Crippen molar-refractivity contribution in [2.45, 2.75) is 24.4 Å². The van der Waals surface area contributed by atoms with Crippen molar-refractivity contribution in [3.05, 3.63) is 47.2 Å². The van der Waals surface area contributed by atoms with E-state index in [1.807, 2.05) is 0 Å². The molecule has 2 aliphatic rings. The van der Waals surface area contributed by atoms with Crippen LogP contribution in [0, 0.1) is 0 Å². The minimum absolute atomic E-state index is 0.217. The summed E-state index contributed by atoms with van der Waals surface area (Å²) in [5.74, 6) is -2.87. The largest absolute Gasteiger partial charge is 0.477 e. The smallest absolute Gasteiger partial charge is 0.352 e. The molecule has 0 bridgehead atoms. The summed E-state index contributed by atoms with van der Waals surface area (Å²) in [7, 11) is 1.41. The molecule has 4 amide bonds. The minimum Gasteiger partial charge on any atom is -0.477 e. The van der Waals surface area contributed by atoms with Gasteiger partial charge in [-0.2, -0.15) is 0 Å². The zero-order valence-corrected chi connectivity index (χ0v) is 18.1. The molecule has 1 aromatic rings. The number of amides is 4. The first kappa shape index (κ1) is 23.1. The highest BCUT2D eigenvalue weighted by atomic mass is 32.2. The van der Waals surface area contributed by atoms with E-state index in [2.05, 4.69) is 16.0 Å². The molecule has 4 N–H and O–H groups in total. The predicted octanol–water partition coefficient (Wildman–Crippen LogP) is -0.0416. The summed E-state index contributed by atoms with van der Waals surface area (Å²) in [5, 5.41) is 16.5. The van der Waals surface area contributed by atoms with Crippen LogP contribution in [0.2, 0.25) is 0 Å². The van der Waals surface area contributed by atoms with Crippen molar-refractivity contribution in [3.63, 3.8) is 0 Å². The van der Waals surface area contributed by atoms with Gasteiger partial charge in [0.2, 0.25) is 5.91 Å². The molecule has 2 aliphatic heterocycles. The Kier molecular flexibility index (Phi) is 7.03. The molecule has 0 radical (unpaired) electrons. The Morgan fingerprint density at radius 2 is 1.94 bits per heavy atom. The number of carboxylic acid groups (broad SMARTS) is 1. The molecule has 12 heteroatoms. The van der Waals surface area contributed by atoms with Gasteiger partial charge >= 0.3 is 18.0 Å². The number of aliphatic carboxylic acids is 1. The lowest BCUT2D eigenvalue weighted by Crippen LogP contribution is -2.71. The monoisotopic (exact) mass is 462 g/mol. The lowest BCUT2D eigenvalue weighted by Gasteiger charge is -2.49. The van der Waals surface area contributed by atoms with Gasteiger partial charge in [0.05, 0.1) is 0 Å². The first-order chi connectivity index (χ1) is 15.2. The van der Waals surface area contributed by atoms with Crippen LogP contribution in [0.4, 0.5) is 4.79 Å². The number of carbonyl (C=O) groups is 5. The third-order valence-corrected chi connectivity index (χ3v) is 6.23. The van der Waals surface area contributed by atoms with Crippen molar-refractivity contribution in [3.8, 4) is 0 Å². The molecule has 170 valence electrons. The van der Waals surface area contributed by atoms with Crippen molar-refractivity contribution in [2.24, 2.45) is 0 Å². The third-order valence-electron chi connectivity index (χ3n) is 4.89. The second kappa shape index (κ2) is 9.73. The summed E-state index contributed by atoms with van der Waals surface area (Å²) >= 11 is 1.25. The molecule has 0 aromatic heterocycles. The van der Waals surface area contributed by atoms with Crippen LogP contribution in [0.15, 0.2) is 41.6 Å². The second-order valence-corrected chi connectivity index (χ2v) is 8.11. The summed E-state index contributed by atoms with van der Waals surface area (Å²) in [5.41, 5.74) is 0.576. The highest BCUT2D eigenvalue weighted by molar-refractivity contribution is 8.00. The van der Waals surface area contributed by atoms with Crippen LogP contribution in [-0.2, 0) is 23.9 Å². The Balaban J connectivity index is 1.77. The number of rotatable bonds is 7. The van der Waals surface area contributed by atoms with E-state index in [0.29, 0.717) is 11.1 Å². The molecule has 3 rings (SSSR count). The normalized spacial score (nSPS) is 20.4. The van der Waals surface area contributed by atoms with E-state index in [-0.39, 0.29) is 18.1 Å². The number of nitrogens with zero attached hydrogens (tertiary/aromatic N) is 1. The van der Waals surface area contributed by atoms with Crippen molar-refractivity contribution in [2.75, 3.05) is 19.4 Å². The molecular formula is C20H22N4O7S. The predicted molar refractivity (Wildman–Crippen MR) is 113 cm³/mol. The highest BCUT2D eigenvalue weighted by Crippen LogP contribution is 2.40. The van der Waals surface area contributed by atoms with Crippen molar-refractivity contribution in [1.29, 1.82) is 0 Å². The Morgan fingerprint density at radius 3 is 2.53 bits per heavy atom. The molecule has 11 nitrogen and oxygen atoms in total. The molecule has 3 atom stereocenters. The Hall–Kier alpha value is -3.54. The maximum Gasteiger partial charge on any atom is 0.352 e. The molecule has 0 spiro atoms. The number of carboxylic acids is 1. The number of fused-ring (bicyclic) bond motifs is 1. The minimum atomic E-state index is -1.32. The number of thioether (sulfide) groups is 1. The van der Waals surface area contributed by atoms with E-state index >= 15 is 0 Å². The van der Waals surface area contributed by atoms with Crippen LogP contribution in [0.1, 0.15) is 18.5 Å². The average Bonchev–Trinajstić information content (AvgIpc) is 2.78. The van der Waals surface area contributed by atoms with Gasteiger partial charge in [0.1, 0.15) is 29.8 Å². The summed E-state index contributed by atoms with van der Waals surface area (Å²) in [6.07, 6.45) is 0. The van der Waals surface area contributed by atoms with Crippen molar-refractivity contribution >= 4 is 41.5 Å². The number of ether oxygens (including phenoxy) is 1. The lowest BCUT2D eigenvalue weighted by molar-refractivity contribution is -0.151. The van der Waals surface area contributed by atoms with E-state index in [1.54, 1.807) is 30.3 Å². The quantitative estimate of drug-likeness (QED) is 0.325. The molecule has 2 unspecified atom stereocenters. The Bertz CT molecular complexity index is 981. The van der Waals surface area contributed by atoms with Gasteiger partial charge in [-0.3, -0.25) is 19.3 Å².